The molecule has 6 nitrogen and oxygen atoms in total. The Morgan fingerprint density at radius 2 is 1.58 bits per heavy atom. The SMILES string of the molecule is Cc1ccccc1OCC(=O)N1CCC2(CC1)CCN(C(=O)c1ccc(C#Cc3ccccc3)o1)C2. The van der Waals surface area contributed by atoms with Gasteiger partial charge >= 0.3 is 0 Å². The van der Waals surface area contributed by atoms with Crippen molar-refractivity contribution in [3.63, 3.8) is 0 Å². The van der Waals surface area contributed by atoms with Gasteiger partial charge in [0.2, 0.25) is 0 Å². The highest BCUT2D eigenvalue weighted by Gasteiger charge is 2.43. The van der Waals surface area contributed by atoms with Crippen LogP contribution in [0.5, 0.6) is 5.75 Å². The predicted octanol–water partition coefficient (Wildman–Crippen LogP) is 4.52. The summed E-state index contributed by atoms with van der Waals surface area (Å²) >= 11 is 0. The summed E-state index contributed by atoms with van der Waals surface area (Å²) in [5.41, 5.74) is 1.98. The molecular formula is C30H30N2O4. The second-order valence-corrected chi connectivity index (χ2v) is 9.69. The normalized spacial score (nSPS) is 16.5. The Morgan fingerprint density at radius 3 is 2.33 bits per heavy atom. The highest BCUT2D eigenvalue weighted by atomic mass is 16.5. The molecule has 0 unspecified atom stereocenters. The van der Waals surface area contributed by atoms with Crippen LogP contribution in [0.3, 0.4) is 0 Å². The molecule has 2 aliphatic heterocycles. The van der Waals surface area contributed by atoms with Crippen molar-refractivity contribution in [1.29, 1.82) is 0 Å². The van der Waals surface area contributed by atoms with Gasteiger partial charge in [0.25, 0.3) is 11.8 Å². The standard InChI is InChI=1S/C30H30N2O4/c1-23-7-5-6-10-26(23)35-21-28(33)31-18-15-30(16-19-31)17-20-32(22-30)29(34)27-14-13-25(36-27)12-11-24-8-3-2-4-9-24/h2-10,13-14H,15-22H2,1H3. The van der Waals surface area contributed by atoms with E-state index in [1.807, 2.05) is 71.3 Å². The van der Waals surface area contributed by atoms with Gasteiger partial charge in [-0.25, -0.2) is 0 Å². The Hall–Kier alpha value is -3.98. The maximum atomic E-state index is 13.1. The number of hydrogen-bond acceptors (Lipinski definition) is 4. The van der Waals surface area contributed by atoms with Crippen LogP contribution < -0.4 is 4.74 Å². The van der Waals surface area contributed by atoms with Crippen molar-refractivity contribution >= 4 is 11.8 Å². The van der Waals surface area contributed by atoms with Gasteiger partial charge < -0.3 is 19.0 Å². The van der Waals surface area contributed by atoms with Gasteiger partial charge in [-0.15, -0.1) is 0 Å². The topological polar surface area (TPSA) is 63.0 Å². The smallest absolute Gasteiger partial charge is 0.289 e. The van der Waals surface area contributed by atoms with Gasteiger partial charge in [0.1, 0.15) is 5.75 Å². The zero-order chi connectivity index (χ0) is 25.0. The van der Waals surface area contributed by atoms with Crippen LogP contribution in [0.25, 0.3) is 0 Å². The zero-order valence-corrected chi connectivity index (χ0v) is 20.5. The number of ether oxygens (including phenoxy) is 1. The third kappa shape index (κ3) is 5.31. The first-order valence-electron chi connectivity index (χ1n) is 12.4. The second-order valence-electron chi connectivity index (χ2n) is 9.69. The fourth-order valence-electron chi connectivity index (χ4n) is 5.03. The van der Waals surface area contributed by atoms with Crippen LogP contribution in [0.2, 0.25) is 0 Å². The second kappa shape index (κ2) is 10.3. The van der Waals surface area contributed by atoms with Gasteiger partial charge in [-0.2, -0.15) is 0 Å². The van der Waals surface area contributed by atoms with Crippen molar-refractivity contribution in [2.45, 2.75) is 26.2 Å². The summed E-state index contributed by atoms with van der Waals surface area (Å²) in [6.45, 7) is 4.81. The number of furan rings is 1. The van der Waals surface area contributed by atoms with Gasteiger partial charge in [0.15, 0.2) is 18.1 Å². The van der Waals surface area contributed by atoms with Crippen LogP contribution in [-0.4, -0.2) is 54.4 Å². The summed E-state index contributed by atoms with van der Waals surface area (Å²) in [7, 11) is 0. The molecule has 2 amide bonds. The van der Waals surface area contributed by atoms with E-state index < -0.39 is 0 Å². The van der Waals surface area contributed by atoms with Gasteiger partial charge in [0, 0.05) is 31.7 Å². The number of piperidine rings is 1. The van der Waals surface area contributed by atoms with Gasteiger partial charge in [-0.3, -0.25) is 9.59 Å². The lowest BCUT2D eigenvalue weighted by molar-refractivity contribution is -0.135. The number of benzene rings is 2. The summed E-state index contributed by atoms with van der Waals surface area (Å²) in [6, 6.07) is 20.9. The van der Waals surface area contributed by atoms with E-state index in [1.165, 1.54) is 0 Å². The van der Waals surface area contributed by atoms with E-state index in [1.54, 1.807) is 12.1 Å². The highest BCUT2D eigenvalue weighted by Crippen LogP contribution is 2.41. The number of carbonyl (C=O) groups is 2. The van der Waals surface area contributed by atoms with Crippen molar-refractivity contribution in [3.05, 3.63) is 89.4 Å². The van der Waals surface area contributed by atoms with Crippen molar-refractivity contribution in [3.8, 4) is 17.6 Å². The minimum Gasteiger partial charge on any atom is -0.484 e. The Kier molecular flexibility index (Phi) is 6.81. The Labute approximate surface area is 211 Å². The first kappa shape index (κ1) is 23.7. The van der Waals surface area contributed by atoms with Gasteiger partial charge in [0.05, 0.1) is 0 Å². The molecule has 3 aromatic rings. The largest absolute Gasteiger partial charge is 0.484 e. The number of aryl methyl sites for hydroxylation is 1. The summed E-state index contributed by atoms with van der Waals surface area (Å²) < 4.78 is 11.5. The molecule has 6 heteroatoms. The molecule has 36 heavy (non-hydrogen) atoms. The molecular weight excluding hydrogens is 452 g/mol. The number of carbonyl (C=O) groups excluding carboxylic acids is 2. The van der Waals surface area contributed by atoms with E-state index in [2.05, 4.69) is 11.8 Å². The molecule has 2 saturated heterocycles. The fraction of sp³-hybridized carbons (Fsp3) is 0.333. The number of nitrogens with zero attached hydrogens (tertiary/aromatic N) is 2. The number of amides is 2. The number of rotatable bonds is 4. The van der Waals surface area contributed by atoms with Crippen LogP contribution in [0.1, 0.15) is 46.7 Å². The highest BCUT2D eigenvalue weighted by molar-refractivity contribution is 5.92. The Morgan fingerprint density at radius 1 is 0.889 bits per heavy atom. The van der Waals surface area contributed by atoms with Crippen LogP contribution in [0.15, 0.2) is 71.1 Å². The average Bonchev–Trinajstić information content (AvgIpc) is 3.55. The van der Waals surface area contributed by atoms with Gasteiger partial charge in [-0.1, -0.05) is 42.3 Å². The summed E-state index contributed by atoms with van der Waals surface area (Å²) in [6.07, 6.45) is 2.72. The van der Waals surface area contributed by atoms with E-state index in [0.29, 0.717) is 37.7 Å². The lowest BCUT2D eigenvalue weighted by atomic mass is 9.78. The van der Waals surface area contributed by atoms with Gasteiger partial charge in [-0.05, 0) is 73.4 Å². The van der Waals surface area contributed by atoms with Crippen molar-refractivity contribution in [2.24, 2.45) is 5.41 Å². The van der Waals surface area contributed by atoms with Crippen LogP contribution in [0, 0.1) is 24.2 Å². The molecule has 5 rings (SSSR count). The third-order valence-corrected chi connectivity index (χ3v) is 7.27. The monoisotopic (exact) mass is 482 g/mol. The maximum absolute atomic E-state index is 13.1. The molecule has 0 N–H and O–H groups in total. The van der Waals surface area contributed by atoms with E-state index in [0.717, 1.165) is 36.1 Å². The summed E-state index contributed by atoms with van der Waals surface area (Å²) in [4.78, 5) is 29.6. The van der Waals surface area contributed by atoms with Crippen molar-refractivity contribution in [1.82, 2.24) is 9.80 Å². The first-order valence-corrected chi connectivity index (χ1v) is 12.4. The fourth-order valence-corrected chi connectivity index (χ4v) is 5.03. The van der Waals surface area contributed by atoms with E-state index in [-0.39, 0.29) is 23.8 Å². The minimum absolute atomic E-state index is 0.0127. The van der Waals surface area contributed by atoms with E-state index >= 15 is 0 Å². The quantitative estimate of drug-likeness (QED) is 0.513. The Balaban J connectivity index is 1.13. The number of hydrogen-bond donors (Lipinski definition) is 0. The predicted molar refractivity (Wildman–Crippen MR) is 137 cm³/mol. The lowest BCUT2D eigenvalue weighted by Gasteiger charge is -2.39. The lowest BCUT2D eigenvalue weighted by Crippen LogP contribution is -2.46. The van der Waals surface area contributed by atoms with Crippen LogP contribution >= 0.6 is 0 Å². The van der Waals surface area contributed by atoms with Crippen LogP contribution in [-0.2, 0) is 4.79 Å². The molecule has 3 heterocycles. The molecule has 0 atom stereocenters. The molecule has 0 saturated carbocycles. The maximum Gasteiger partial charge on any atom is 0.289 e. The molecule has 1 spiro atoms. The van der Waals surface area contributed by atoms with Crippen molar-refractivity contribution in [2.75, 3.05) is 32.8 Å². The Bertz CT molecular complexity index is 1290. The molecule has 0 bridgehead atoms. The molecule has 2 fully saturated rings. The number of para-hydroxylation sites is 1. The third-order valence-electron chi connectivity index (χ3n) is 7.27. The molecule has 2 aromatic carbocycles. The summed E-state index contributed by atoms with van der Waals surface area (Å²) in [5.74, 6) is 7.51. The molecule has 0 radical (unpaired) electrons. The van der Waals surface area contributed by atoms with E-state index in [4.69, 9.17) is 9.15 Å². The molecule has 1 aromatic heterocycles. The summed E-state index contributed by atoms with van der Waals surface area (Å²) in [5, 5.41) is 0. The van der Waals surface area contributed by atoms with E-state index in [9.17, 15) is 9.59 Å². The number of likely N-dealkylation sites (tertiary alicyclic amines) is 2. The minimum atomic E-state index is -0.0928. The molecule has 2 aliphatic rings. The molecule has 184 valence electrons. The average molecular weight is 483 g/mol. The first-order chi connectivity index (χ1) is 17.5. The van der Waals surface area contributed by atoms with Crippen molar-refractivity contribution < 1.29 is 18.7 Å². The van der Waals surface area contributed by atoms with Crippen LogP contribution in [0.4, 0.5) is 0 Å². The zero-order valence-electron chi connectivity index (χ0n) is 20.5. The molecule has 0 aliphatic carbocycles.